The van der Waals surface area contributed by atoms with Gasteiger partial charge < -0.3 is 5.32 Å². The van der Waals surface area contributed by atoms with Gasteiger partial charge in [-0.25, -0.2) is 0 Å². The van der Waals surface area contributed by atoms with Crippen LogP contribution in [0.5, 0.6) is 0 Å². The van der Waals surface area contributed by atoms with Crippen LogP contribution in [0.3, 0.4) is 0 Å². The summed E-state index contributed by atoms with van der Waals surface area (Å²) >= 11 is 0. The number of nitrogens with one attached hydrogen (secondary N) is 1. The molecule has 0 bridgehead atoms. The Labute approximate surface area is 116 Å². The fraction of sp³-hybridized carbons (Fsp3) is 0.588. The predicted octanol–water partition coefficient (Wildman–Crippen LogP) is 3.46. The molecule has 1 fully saturated rings. The van der Waals surface area contributed by atoms with Crippen LogP contribution < -0.4 is 5.32 Å². The van der Waals surface area contributed by atoms with Gasteiger partial charge in [0.25, 0.3) is 0 Å². The summed E-state index contributed by atoms with van der Waals surface area (Å²) in [5.74, 6) is 0.725. The summed E-state index contributed by atoms with van der Waals surface area (Å²) in [5, 5.41) is 3.41. The largest absolute Gasteiger partial charge is 0.316 e. The Bertz CT molecular complexity index is 427. The fourth-order valence-corrected chi connectivity index (χ4v) is 2.92. The number of piperidine rings is 1. The molecule has 0 spiro atoms. The number of benzene rings is 1. The van der Waals surface area contributed by atoms with E-state index in [1.165, 1.54) is 12.0 Å². The van der Waals surface area contributed by atoms with Gasteiger partial charge in [0, 0.05) is 11.0 Å². The first-order chi connectivity index (χ1) is 9.05. The molecule has 0 aromatic heterocycles. The highest BCUT2D eigenvalue weighted by Crippen LogP contribution is 2.35. The highest BCUT2D eigenvalue weighted by Gasteiger charge is 2.37. The van der Waals surface area contributed by atoms with Gasteiger partial charge >= 0.3 is 0 Å². The summed E-state index contributed by atoms with van der Waals surface area (Å²) in [5.41, 5.74) is 1.86. The van der Waals surface area contributed by atoms with Gasteiger partial charge in [-0.1, -0.05) is 45.0 Å². The zero-order chi connectivity index (χ0) is 13.9. The van der Waals surface area contributed by atoms with Crippen LogP contribution in [-0.2, 0) is 6.42 Å². The van der Waals surface area contributed by atoms with Gasteiger partial charge in [-0.15, -0.1) is 0 Å². The lowest BCUT2D eigenvalue weighted by atomic mass is 9.70. The Morgan fingerprint density at radius 1 is 1.32 bits per heavy atom. The number of carbonyl (C=O) groups is 1. The van der Waals surface area contributed by atoms with Crippen molar-refractivity contribution in [3.8, 4) is 0 Å². The maximum Gasteiger partial charge on any atom is 0.168 e. The van der Waals surface area contributed by atoms with Crippen LogP contribution in [0.4, 0.5) is 0 Å². The van der Waals surface area contributed by atoms with Crippen molar-refractivity contribution in [2.75, 3.05) is 13.1 Å². The lowest BCUT2D eigenvalue weighted by molar-refractivity contribution is 0.0708. The van der Waals surface area contributed by atoms with E-state index in [-0.39, 0.29) is 11.2 Å². The van der Waals surface area contributed by atoms with Gasteiger partial charge in [0.1, 0.15) is 0 Å². The van der Waals surface area contributed by atoms with Crippen molar-refractivity contribution < 1.29 is 4.79 Å². The number of aryl methyl sites for hydroxylation is 1. The van der Waals surface area contributed by atoms with E-state index >= 15 is 0 Å². The first-order valence-corrected chi connectivity index (χ1v) is 7.40. The van der Waals surface area contributed by atoms with Gasteiger partial charge in [-0.05, 0) is 43.8 Å². The number of hydrogen-bond acceptors (Lipinski definition) is 2. The molecule has 2 heteroatoms. The highest BCUT2D eigenvalue weighted by atomic mass is 16.1. The minimum Gasteiger partial charge on any atom is -0.316 e. The Hall–Kier alpha value is -1.15. The van der Waals surface area contributed by atoms with Gasteiger partial charge in [0.15, 0.2) is 5.78 Å². The molecule has 0 radical (unpaired) electrons. The van der Waals surface area contributed by atoms with Crippen molar-refractivity contribution in [2.24, 2.45) is 11.3 Å². The molecule has 1 aliphatic rings. The number of hydrogen-bond donors (Lipinski definition) is 1. The molecule has 1 atom stereocenters. The van der Waals surface area contributed by atoms with Crippen LogP contribution in [0.15, 0.2) is 24.3 Å². The lowest BCUT2D eigenvalue weighted by Crippen LogP contribution is -2.42. The monoisotopic (exact) mass is 259 g/mol. The molecular formula is C17H25NO. The summed E-state index contributed by atoms with van der Waals surface area (Å²) < 4.78 is 0. The van der Waals surface area contributed by atoms with Crippen LogP contribution in [0.25, 0.3) is 0 Å². The minimum atomic E-state index is -0.277. The number of ketones is 1. The third-order valence-electron chi connectivity index (χ3n) is 4.53. The molecule has 2 nitrogen and oxygen atoms in total. The SMILES string of the molecule is CCc1ccc(C(=O)C(C)(C)C2CCCNC2)cc1. The molecule has 2 rings (SSSR count). The van der Waals surface area contributed by atoms with E-state index in [9.17, 15) is 4.79 Å². The van der Waals surface area contributed by atoms with Gasteiger partial charge in [0.05, 0.1) is 0 Å². The van der Waals surface area contributed by atoms with E-state index in [4.69, 9.17) is 0 Å². The standard InChI is InChI=1S/C17H25NO/c1-4-13-7-9-14(10-8-13)16(19)17(2,3)15-6-5-11-18-12-15/h7-10,15,18H,4-6,11-12H2,1-3H3. The molecule has 1 N–H and O–H groups in total. The average molecular weight is 259 g/mol. The van der Waals surface area contributed by atoms with E-state index in [0.29, 0.717) is 5.92 Å². The minimum absolute atomic E-state index is 0.277. The first kappa shape index (κ1) is 14.3. The van der Waals surface area contributed by atoms with Crippen molar-refractivity contribution in [2.45, 2.75) is 40.0 Å². The topological polar surface area (TPSA) is 29.1 Å². The van der Waals surface area contributed by atoms with Crippen LogP contribution in [0.1, 0.15) is 49.5 Å². The molecule has 104 valence electrons. The van der Waals surface area contributed by atoms with Crippen molar-refractivity contribution in [1.82, 2.24) is 5.32 Å². The van der Waals surface area contributed by atoms with E-state index in [2.05, 4.69) is 38.2 Å². The molecule has 0 amide bonds. The van der Waals surface area contributed by atoms with E-state index in [0.717, 1.165) is 31.5 Å². The van der Waals surface area contributed by atoms with Crippen LogP contribution in [0, 0.1) is 11.3 Å². The Morgan fingerprint density at radius 3 is 2.53 bits per heavy atom. The second-order valence-corrected chi connectivity index (χ2v) is 6.14. The third kappa shape index (κ3) is 3.06. The smallest absolute Gasteiger partial charge is 0.168 e. The zero-order valence-corrected chi connectivity index (χ0v) is 12.3. The molecule has 19 heavy (non-hydrogen) atoms. The lowest BCUT2D eigenvalue weighted by Gasteiger charge is -2.36. The van der Waals surface area contributed by atoms with E-state index in [1.807, 2.05) is 12.1 Å². The molecule has 1 heterocycles. The van der Waals surface area contributed by atoms with Crippen molar-refractivity contribution in [1.29, 1.82) is 0 Å². The second-order valence-electron chi connectivity index (χ2n) is 6.14. The molecule has 1 aromatic carbocycles. The quantitative estimate of drug-likeness (QED) is 0.839. The number of rotatable bonds is 4. The van der Waals surface area contributed by atoms with E-state index in [1.54, 1.807) is 0 Å². The van der Waals surface area contributed by atoms with Crippen LogP contribution in [0.2, 0.25) is 0 Å². The molecule has 1 saturated heterocycles. The molecular weight excluding hydrogens is 234 g/mol. The summed E-state index contributed by atoms with van der Waals surface area (Å²) in [6.45, 7) is 8.38. The summed E-state index contributed by atoms with van der Waals surface area (Å²) in [4.78, 5) is 12.7. The molecule has 1 aliphatic heterocycles. The Kier molecular flexibility index (Phi) is 4.41. The summed E-state index contributed by atoms with van der Waals surface area (Å²) in [6, 6.07) is 8.11. The van der Waals surface area contributed by atoms with Gasteiger partial charge in [0.2, 0.25) is 0 Å². The molecule has 0 aliphatic carbocycles. The van der Waals surface area contributed by atoms with Crippen molar-refractivity contribution >= 4 is 5.78 Å². The number of Topliss-reactive ketones (excluding diaryl/α,β-unsaturated/α-hetero) is 1. The summed E-state index contributed by atoms with van der Waals surface area (Å²) in [7, 11) is 0. The first-order valence-electron chi connectivity index (χ1n) is 7.40. The second kappa shape index (κ2) is 5.87. The predicted molar refractivity (Wildman–Crippen MR) is 79.5 cm³/mol. The third-order valence-corrected chi connectivity index (χ3v) is 4.53. The molecule has 0 saturated carbocycles. The van der Waals surface area contributed by atoms with Crippen LogP contribution >= 0.6 is 0 Å². The normalized spacial score (nSPS) is 20.3. The van der Waals surface area contributed by atoms with Crippen molar-refractivity contribution in [3.05, 3.63) is 35.4 Å². The van der Waals surface area contributed by atoms with E-state index < -0.39 is 0 Å². The molecule has 1 aromatic rings. The van der Waals surface area contributed by atoms with Gasteiger partial charge in [-0.2, -0.15) is 0 Å². The highest BCUT2D eigenvalue weighted by molar-refractivity contribution is 6.00. The Morgan fingerprint density at radius 2 is 2.00 bits per heavy atom. The average Bonchev–Trinajstić information content (AvgIpc) is 2.47. The number of carbonyl (C=O) groups excluding carboxylic acids is 1. The van der Waals surface area contributed by atoms with Crippen molar-refractivity contribution in [3.63, 3.8) is 0 Å². The fourth-order valence-electron chi connectivity index (χ4n) is 2.92. The zero-order valence-electron chi connectivity index (χ0n) is 12.3. The maximum atomic E-state index is 12.7. The Balaban J connectivity index is 2.15. The maximum absolute atomic E-state index is 12.7. The molecule has 1 unspecified atom stereocenters. The van der Waals surface area contributed by atoms with Crippen LogP contribution in [-0.4, -0.2) is 18.9 Å². The van der Waals surface area contributed by atoms with Gasteiger partial charge in [-0.3, -0.25) is 4.79 Å². The summed E-state index contributed by atoms with van der Waals surface area (Å²) in [6.07, 6.45) is 3.35.